The summed E-state index contributed by atoms with van der Waals surface area (Å²) in [6, 6.07) is 3.03. The van der Waals surface area contributed by atoms with Crippen molar-refractivity contribution in [3.8, 4) is 11.5 Å². The van der Waals surface area contributed by atoms with Crippen molar-refractivity contribution in [1.29, 1.82) is 0 Å². The number of carbonyl (C=O) groups excluding carboxylic acids is 1. The van der Waals surface area contributed by atoms with Crippen LogP contribution in [-0.4, -0.2) is 40.1 Å². The lowest BCUT2D eigenvalue weighted by Crippen LogP contribution is -2.40. The number of carbonyl (C=O) groups is 1. The van der Waals surface area contributed by atoms with Crippen LogP contribution in [-0.2, 0) is 4.79 Å². The molecule has 1 amide bonds. The fraction of sp³-hybridized carbons (Fsp3) is 0.200. The summed E-state index contributed by atoms with van der Waals surface area (Å²) in [4.78, 5) is 11.1. The summed E-state index contributed by atoms with van der Waals surface area (Å²) in [7, 11) is 0. The minimum absolute atomic E-state index is 0.242. The molecule has 6 N–H and O–H groups in total. The second kappa shape index (κ2) is 5.83. The van der Waals surface area contributed by atoms with Crippen LogP contribution in [0.5, 0.6) is 11.5 Å². The van der Waals surface area contributed by atoms with E-state index in [1.54, 1.807) is 0 Å². The number of hydrogen-bond donors (Lipinski definition) is 5. The maximum Gasteiger partial charge on any atom is 0.259 e. The minimum atomic E-state index is -1.03. The number of amides is 1. The summed E-state index contributed by atoms with van der Waals surface area (Å²) in [6.45, 7) is -0.471. The van der Waals surface area contributed by atoms with Gasteiger partial charge in [-0.2, -0.15) is 5.10 Å². The van der Waals surface area contributed by atoms with Gasteiger partial charge < -0.3 is 21.1 Å². The molecule has 0 spiro atoms. The number of benzene rings is 1. The monoisotopic (exact) mass is 239 g/mol. The molecule has 1 atom stereocenters. The van der Waals surface area contributed by atoms with E-state index < -0.39 is 18.6 Å². The van der Waals surface area contributed by atoms with E-state index in [9.17, 15) is 9.90 Å². The van der Waals surface area contributed by atoms with E-state index in [0.29, 0.717) is 5.56 Å². The van der Waals surface area contributed by atoms with E-state index >= 15 is 0 Å². The lowest BCUT2D eigenvalue weighted by Gasteiger charge is -2.04. The number of nitrogens with one attached hydrogen (secondary N) is 1. The highest BCUT2D eigenvalue weighted by Gasteiger charge is 2.09. The number of rotatable bonds is 4. The van der Waals surface area contributed by atoms with E-state index in [0.717, 1.165) is 0 Å². The molecule has 0 aromatic heterocycles. The molecule has 0 fully saturated rings. The van der Waals surface area contributed by atoms with Crippen molar-refractivity contribution in [3.63, 3.8) is 0 Å². The quantitative estimate of drug-likeness (QED) is 0.258. The predicted molar refractivity (Wildman–Crippen MR) is 60.6 cm³/mol. The van der Waals surface area contributed by atoms with Crippen LogP contribution in [0.1, 0.15) is 5.56 Å². The molecular weight excluding hydrogens is 226 g/mol. The predicted octanol–water partition coefficient (Wildman–Crippen LogP) is -1.13. The maximum absolute atomic E-state index is 11.1. The molecule has 0 bridgehead atoms. The van der Waals surface area contributed by atoms with Crippen molar-refractivity contribution in [3.05, 3.63) is 23.8 Å². The normalized spacial score (nSPS) is 12.6. The topological polar surface area (TPSA) is 128 Å². The first kappa shape index (κ1) is 12.9. The average Bonchev–Trinajstić information content (AvgIpc) is 2.32. The van der Waals surface area contributed by atoms with Gasteiger partial charge in [0, 0.05) is 0 Å². The van der Waals surface area contributed by atoms with Crippen LogP contribution in [0.15, 0.2) is 23.3 Å². The van der Waals surface area contributed by atoms with Crippen molar-refractivity contribution in [2.75, 3.05) is 6.61 Å². The number of hydrogen-bond acceptors (Lipinski definition) is 6. The average molecular weight is 239 g/mol. The lowest BCUT2D eigenvalue weighted by molar-refractivity contribution is -0.123. The first-order valence-corrected chi connectivity index (χ1v) is 4.76. The molecule has 0 saturated carbocycles. The molecule has 17 heavy (non-hydrogen) atoms. The van der Waals surface area contributed by atoms with Gasteiger partial charge in [-0.3, -0.25) is 4.79 Å². The molecule has 0 unspecified atom stereocenters. The highest BCUT2D eigenvalue weighted by molar-refractivity contribution is 5.85. The Labute approximate surface area is 97.2 Å². The molecule has 0 aliphatic carbocycles. The number of aliphatic hydroxyl groups excluding tert-OH is 1. The summed E-state index contributed by atoms with van der Waals surface area (Å²) in [5, 5.41) is 30.4. The minimum Gasteiger partial charge on any atom is -0.504 e. The Bertz CT molecular complexity index is 434. The molecule has 0 heterocycles. The molecular formula is C10H13N3O4. The number of aliphatic hydroxyl groups is 1. The maximum atomic E-state index is 11.1. The van der Waals surface area contributed by atoms with Gasteiger partial charge in [0.1, 0.15) is 6.04 Å². The summed E-state index contributed by atoms with van der Waals surface area (Å²) in [6.07, 6.45) is 1.27. The summed E-state index contributed by atoms with van der Waals surface area (Å²) in [5.41, 5.74) is 7.83. The Kier molecular flexibility index (Phi) is 4.44. The van der Waals surface area contributed by atoms with Crippen molar-refractivity contribution < 1.29 is 20.1 Å². The Morgan fingerprint density at radius 2 is 2.18 bits per heavy atom. The van der Waals surface area contributed by atoms with Crippen molar-refractivity contribution >= 4 is 12.1 Å². The molecule has 0 aliphatic heterocycles. The van der Waals surface area contributed by atoms with Gasteiger partial charge in [-0.1, -0.05) is 0 Å². The molecule has 1 aromatic rings. The van der Waals surface area contributed by atoms with Crippen molar-refractivity contribution in [1.82, 2.24) is 5.43 Å². The molecule has 7 nitrogen and oxygen atoms in total. The second-order valence-corrected chi connectivity index (χ2v) is 3.27. The van der Waals surface area contributed by atoms with Crippen LogP contribution in [0.4, 0.5) is 0 Å². The molecule has 7 heteroatoms. The van der Waals surface area contributed by atoms with E-state index in [1.807, 2.05) is 0 Å². The molecule has 1 aromatic carbocycles. The standard InChI is InChI=1S/C10H13N3O4/c11-7(5-14)10(17)13-12-4-6-1-2-8(15)9(16)3-6/h1-4,7,14-16H,5,11H2,(H,13,17)/b12-4+/t7-/m0/s1. The smallest absolute Gasteiger partial charge is 0.259 e. The largest absolute Gasteiger partial charge is 0.504 e. The SMILES string of the molecule is N[C@@H](CO)C(=O)N/N=C/c1ccc(O)c(O)c1. The van der Waals surface area contributed by atoms with E-state index in [1.165, 1.54) is 24.4 Å². The van der Waals surface area contributed by atoms with Crippen molar-refractivity contribution in [2.45, 2.75) is 6.04 Å². The second-order valence-electron chi connectivity index (χ2n) is 3.27. The fourth-order valence-corrected chi connectivity index (χ4v) is 0.957. The zero-order valence-electron chi connectivity index (χ0n) is 8.87. The molecule has 0 radical (unpaired) electrons. The van der Waals surface area contributed by atoms with Crippen LogP contribution in [0.2, 0.25) is 0 Å². The number of nitrogens with zero attached hydrogens (tertiary/aromatic N) is 1. The molecule has 1 rings (SSSR count). The third kappa shape index (κ3) is 3.74. The highest BCUT2D eigenvalue weighted by atomic mass is 16.3. The van der Waals surface area contributed by atoms with Gasteiger partial charge >= 0.3 is 0 Å². The molecule has 0 aliphatic rings. The lowest BCUT2D eigenvalue weighted by atomic mass is 10.2. The Hall–Kier alpha value is -2.12. The third-order valence-corrected chi connectivity index (χ3v) is 1.92. The van der Waals surface area contributed by atoms with Gasteiger partial charge in [-0.05, 0) is 23.8 Å². The van der Waals surface area contributed by atoms with Gasteiger partial charge in [0.05, 0.1) is 12.8 Å². The Morgan fingerprint density at radius 3 is 2.76 bits per heavy atom. The van der Waals surface area contributed by atoms with E-state index in [4.69, 9.17) is 15.9 Å². The third-order valence-electron chi connectivity index (χ3n) is 1.92. The van der Waals surface area contributed by atoms with Crippen molar-refractivity contribution in [2.24, 2.45) is 10.8 Å². The van der Waals surface area contributed by atoms with E-state index in [2.05, 4.69) is 10.5 Å². The van der Waals surface area contributed by atoms with Crippen LogP contribution in [0, 0.1) is 0 Å². The van der Waals surface area contributed by atoms with Gasteiger partial charge in [0.25, 0.3) is 5.91 Å². The summed E-state index contributed by atoms with van der Waals surface area (Å²) >= 11 is 0. The number of hydrazone groups is 1. The number of phenols is 2. The van der Waals surface area contributed by atoms with Gasteiger partial charge in [-0.25, -0.2) is 5.43 Å². The van der Waals surface area contributed by atoms with Crippen LogP contribution < -0.4 is 11.2 Å². The van der Waals surface area contributed by atoms with Gasteiger partial charge in [-0.15, -0.1) is 0 Å². The van der Waals surface area contributed by atoms with Crippen LogP contribution >= 0.6 is 0 Å². The first-order chi connectivity index (χ1) is 8.04. The number of aromatic hydroxyl groups is 2. The summed E-state index contributed by atoms with van der Waals surface area (Å²) in [5.74, 6) is -1.15. The molecule has 0 saturated heterocycles. The van der Waals surface area contributed by atoms with Gasteiger partial charge in [0.2, 0.25) is 0 Å². The summed E-state index contributed by atoms with van der Waals surface area (Å²) < 4.78 is 0. The van der Waals surface area contributed by atoms with Gasteiger partial charge in [0.15, 0.2) is 11.5 Å². The Balaban J connectivity index is 2.59. The zero-order chi connectivity index (χ0) is 12.8. The fourth-order valence-electron chi connectivity index (χ4n) is 0.957. The van der Waals surface area contributed by atoms with Crippen LogP contribution in [0.3, 0.4) is 0 Å². The zero-order valence-corrected chi connectivity index (χ0v) is 8.87. The Morgan fingerprint density at radius 1 is 1.47 bits per heavy atom. The van der Waals surface area contributed by atoms with E-state index in [-0.39, 0.29) is 11.5 Å². The molecule has 92 valence electrons. The van der Waals surface area contributed by atoms with Crippen LogP contribution in [0.25, 0.3) is 0 Å². The number of phenolic OH excluding ortho intramolecular Hbond substituents is 2. The first-order valence-electron chi connectivity index (χ1n) is 4.76. The highest BCUT2D eigenvalue weighted by Crippen LogP contribution is 2.23. The number of nitrogens with two attached hydrogens (primary N) is 1.